The minimum Gasteiger partial charge on any atom is -0.325 e. The molecule has 2 N–H and O–H groups in total. The van der Waals surface area contributed by atoms with Crippen molar-refractivity contribution in [2.75, 3.05) is 5.32 Å². The predicted molar refractivity (Wildman–Crippen MR) is 76.8 cm³/mol. The summed E-state index contributed by atoms with van der Waals surface area (Å²) in [6, 6.07) is 6.79. The highest BCUT2D eigenvalue weighted by atomic mass is 32.2. The molecule has 1 atom stereocenters. The highest BCUT2D eigenvalue weighted by Crippen LogP contribution is 2.20. The van der Waals surface area contributed by atoms with Crippen LogP contribution in [0.2, 0.25) is 0 Å². The van der Waals surface area contributed by atoms with Crippen molar-refractivity contribution in [3.63, 3.8) is 0 Å². The number of thioether (sulfide) groups is 1. The van der Waals surface area contributed by atoms with Crippen molar-refractivity contribution in [3.8, 4) is 0 Å². The molecule has 1 amide bonds. The lowest BCUT2D eigenvalue weighted by atomic mass is 10.1. The molecule has 104 valence electrons. The Balaban J connectivity index is 1.95. The minimum atomic E-state index is -0.310. The summed E-state index contributed by atoms with van der Waals surface area (Å²) in [7, 11) is 0. The van der Waals surface area contributed by atoms with E-state index < -0.39 is 0 Å². The zero-order chi connectivity index (χ0) is 14.5. The molecule has 0 aliphatic heterocycles. The number of aromatic nitrogens is 3. The highest BCUT2D eigenvalue weighted by molar-refractivity contribution is 8.00. The number of carbonyl (C=O) groups is 2. The number of rotatable bonds is 5. The molecule has 20 heavy (non-hydrogen) atoms. The van der Waals surface area contributed by atoms with Gasteiger partial charge in [-0.2, -0.15) is 5.10 Å². The van der Waals surface area contributed by atoms with E-state index in [2.05, 4.69) is 20.5 Å². The normalized spacial score (nSPS) is 11.9. The predicted octanol–water partition coefficient (Wildman–Crippen LogP) is 2.13. The van der Waals surface area contributed by atoms with Gasteiger partial charge in [-0.15, -0.1) is 0 Å². The number of hydrogen-bond donors (Lipinski definition) is 2. The topological polar surface area (TPSA) is 87.7 Å². The molecule has 7 heteroatoms. The first-order valence-electron chi connectivity index (χ1n) is 6.00. The molecule has 1 heterocycles. The summed E-state index contributed by atoms with van der Waals surface area (Å²) in [5, 5.41) is 9.49. The van der Waals surface area contributed by atoms with Gasteiger partial charge in [-0.1, -0.05) is 11.8 Å². The van der Waals surface area contributed by atoms with Gasteiger partial charge in [0, 0.05) is 11.3 Å². The van der Waals surface area contributed by atoms with E-state index in [0.717, 1.165) is 0 Å². The van der Waals surface area contributed by atoms with Crippen LogP contribution in [0.25, 0.3) is 0 Å². The minimum absolute atomic E-state index is 0.00267. The maximum absolute atomic E-state index is 12.0. The molecule has 2 rings (SSSR count). The molecule has 0 saturated heterocycles. The molecule has 0 fully saturated rings. The van der Waals surface area contributed by atoms with Gasteiger partial charge in [-0.3, -0.25) is 14.7 Å². The number of anilines is 1. The van der Waals surface area contributed by atoms with Gasteiger partial charge < -0.3 is 5.32 Å². The van der Waals surface area contributed by atoms with Gasteiger partial charge in [-0.05, 0) is 38.1 Å². The molecule has 2 aromatic rings. The van der Waals surface area contributed by atoms with E-state index >= 15 is 0 Å². The number of nitrogens with one attached hydrogen (secondary N) is 2. The van der Waals surface area contributed by atoms with Crippen LogP contribution in [0, 0.1) is 0 Å². The Labute approximate surface area is 120 Å². The fraction of sp³-hybridized carbons (Fsp3) is 0.231. The summed E-state index contributed by atoms with van der Waals surface area (Å²) in [4.78, 5) is 27.1. The van der Waals surface area contributed by atoms with Crippen LogP contribution >= 0.6 is 11.8 Å². The first-order chi connectivity index (χ1) is 9.56. The lowest BCUT2D eigenvalue weighted by Crippen LogP contribution is -2.22. The first-order valence-corrected chi connectivity index (χ1v) is 6.88. The molecule has 1 unspecified atom stereocenters. The highest BCUT2D eigenvalue weighted by Gasteiger charge is 2.16. The van der Waals surface area contributed by atoms with E-state index in [1.54, 1.807) is 31.2 Å². The summed E-state index contributed by atoms with van der Waals surface area (Å²) in [5.41, 5.74) is 1.28. The molecule has 6 nitrogen and oxygen atoms in total. The molecular weight excluding hydrogens is 276 g/mol. The Morgan fingerprint density at radius 2 is 2.00 bits per heavy atom. The third kappa shape index (κ3) is 3.67. The molecular formula is C13H14N4O2S. The van der Waals surface area contributed by atoms with Gasteiger partial charge in [0.25, 0.3) is 0 Å². The van der Waals surface area contributed by atoms with Gasteiger partial charge in [0.2, 0.25) is 5.91 Å². The van der Waals surface area contributed by atoms with Gasteiger partial charge in [0.15, 0.2) is 10.9 Å². The molecule has 0 spiro atoms. The summed E-state index contributed by atoms with van der Waals surface area (Å²) in [6.07, 6.45) is 1.40. The van der Waals surface area contributed by atoms with Crippen molar-refractivity contribution in [2.45, 2.75) is 24.3 Å². The number of ketones is 1. The van der Waals surface area contributed by atoms with Crippen LogP contribution in [0.4, 0.5) is 5.69 Å². The summed E-state index contributed by atoms with van der Waals surface area (Å²) in [5.74, 6) is -0.140. The van der Waals surface area contributed by atoms with Gasteiger partial charge >= 0.3 is 0 Å². The molecule has 1 aromatic heterocycles. The van der Waals surface area contributed by atoms with Crippen LogP contribution in [0.5, 0.6) is 0 Å². The van der Waals surface area contributed by atoms with E-state index in [4.69, 9.17) is 0 Å². The van der Waals surface area contributed by atoms with Crippen molar-refractivity contribution < 1.29 is 9.59 Å². The van der Waals surface area contributed by atoms with Crippen molar-refractivity contribution in [2.24, 2.45) is 0 Å². The summed E-state index contributed by atoms with van der Waals surface area (Å²) >= 11 is 1.29. The number of aromatic amines is 1. The number of H-pyrrole nitrogens is 1. The van der Waals surface area contributed by atoms with Crippen LogP contribution in [0.1, 0.15) is 24.2 Å². The first kappa shape index (κ1) is 14.3. The Morgan fingerprint density at radius 3 is 2.55 bits per heavy atom. The fourth-order valence-electron chi connectivity index (χ4n) is 1.50. The second-order valence-corrected chi connectivity index (χ2v) is 5.50. The third-order valence-corrected chi connectivity index (χ3v) is 3.60. The zero-order valence-electron chi connectivity index (χ0n) is 11.1. The lowest BCUT2D eigenvalue weighted by molar-refractivity contribution is -0.115. The van der Waals surface area contributed by atoms with E-state index in [0.29, 0.717) is 16.4 Å². The largest absolute Gasteiger partial charge is 0.325 e. The Kier molecular flexibility index (Phi) is 4.52. The molecule has 0 radical (unpaired) electrons. The standard InChI is InChI=1S/C13H14N4O2S/c1-8(18)10-3-5-11(6-4-10)16-12(19)9(2)20-13-14-7-15-17-13/h3-7,9H,1-2H3,(H,16,19)(H,14,15,17). The Hall–Kier alpha value is -2.15. The fourth-order valence-corrected chi connectivity index (χ4v) is 2.22. The van der Waals surface area contributed by atoms with Crippen LogP contribution in [-0.2, 0) is 4.79 Å². The quantitative estimate of drug-likeness (QED) is 0.650. The van der Waals surface area contributed by atoms with Crippen molar-refractivity contribution in [1.82, 2.24) is 15.2 Å². The number of Topliss-reactive ketones (excluding diaryl/α,β-unsaturated/α-hetero) is 1. The van der Waals surface area contributed by atoms with Gasteiger partial charge in [0.05, 0.1) is 5.25 Å². The van der Waals surface area contributed by atoms with E-state index in [1.165, 1.54) is 25.0 Å². The van der Waals surface area contributed by atoms with Crippen LogP contribution in [0.15, 0.2) is 35.7 Å². The molecule has 0 bridgehead atoms. The summed E-state index contributed by atoms with van der Waals surface area (Å²) < 4.78 is 0. The lowest BCUT2D eigenvalue weighted by Gasteiger charge is -2.10. The number of benzene rings is 1. The molecule has 0 aliphatic carbocycles. The smallest absolute Gasteiger partial charge is 0.237 e. The van der Waals surface area contributed by atoms with Crippen LogP contribution in [-0.4, -0.2) is 32.1 Å². The number of amides is 1. The monoisotopic (exact) mass is 290 g/mol. The molecule has 1 aromatic carbocycles. The second-order valence-electron chi connectivity index (χ2n) is 4.17. The van der Waals surface area contributed by atoms with Crippen molar-refractivity contribution >= 4 is 29.1 Å². The SMILES string of the molecule is CC(=O)c1ccc(NC(=O)C(C)Sc2ncn[nH]2)cc1. The number of nitrogens with zero attached hydrogens (tertiary/aromatic N) is 2. The Morgan fingerprint density at radius 1 is 1.30 bits per heavy atom. The van der Waals surface area contributed by atoms with Crippen LogP contribution in [0.3, 0.4) is 0 Å². The van der Waals surface area contributed by atoms with Crippen molar-refractivity contribution in [1.29, 1.82) is 0 Å². The molecule has 0 saturated carbocycles. The molecule has 0 aliphatic rings. The maximum Gasteiger partial charge on any atom is 0.237 e. The maximum atomic E-state index is 12.0. The van der Waals surface area contributed by atoms with E-state index in [9.17, 15) is 9.59 Å². The Bertz CT molecular complexity index is 595. The van der Waals surface area contributed by atoms with Crippen molar-refractivity contribution in [3.05, 3.63) is 36.2 Å². The number of hydrogen-bond acceptors (Lipinski definition) is 5. The number of carbonyl (C=O) groups excluding carboxylic acids is 2. The zero-order valence-corrected chi connectivity index (χ0v) is 11.9. The summed E-state index contributed by atoms with van der Waals surface area (Å²) in [6.45, 7) is 3.29. The van der Waals surface area contributed by atoms with Gasteiger partial charge in [0.1, 0.15) is 6.33 Å². The van der Waals surface area contributed by atoms with Crippen LogP contribution < -0.4 is 5.32 Å². The van der Waals surface area contributed by atoms with E-state index in [-0.39, 0.29) is 16.9 Å². The average molecular weight is 290 g/mol. The second kappa shape index (κ2) is 6.33. The average Bonchev–Trinajstić information content (AvgIpc) is 2.92. The van der Waals surface area contributed by atoms with Gasteiger partial charge in [-0.25, -0.2) is 4.98 Å². The van der Waals surface area contributed by atoms with E-state index in [1.807, 2.05) is 0 Å². The third-order valence-electron chi connectivity index (χ3n) is 2.61.